The summed E-state index contributed by atoms with van der Waals surface area (Å²) in [5.74, 6) is -0.711. The van der Waals surface area contributed by atoms with E-state index < -0.39 is 11.4 Å². The molecule has 1 aliphatic rings. The molecule has 0 atom stereocenters. The molecule has 2 rings (SSSR count). The Labute approximate surface area is 118 Å². The fourth-order valence-corrected chi connectivity index (χ4v) is 2.36. The van der Waals surface area contributed by atoms with Crippen molar-refractivity contribution in [3.8, 4) is 0 Å². The van der Waals surface area contributed by atoms with E-state index in [1.54, 1.807) is 25.9 Å². The number of benzene rings is 1. The lowest BCUT2D eigenvalue weighted by molar-refractivity contribution is -0.146. The lowest BCUT2D eigenvalue weighted by Crippen LogP contribution is -2.35. The number of hydrazine groups is 1. The number of carbonyl (C=O) groups is 2. The van der Waals surface area contributed by atoms with Crippen LogP contribution >= 0.6 is 0 Å². The van der Waals surface area contributed by atoms with Gasteiger partial charge in [0.2, 0.25) is 5.91 Å². The molecule has 1 fully saturated rings. The van der Waals surface area contributed by atoms with Crippen LogP contribution in [0.3, 0.4) is 0 Å². The van der Waals surface area contributed by atoms with Crippen molar-refractivity contribution in [1.82, 2.24) is 5.01 Å². The molecule has 20 heavy (non-hydrogen) atoms. The zero-order chi connectivity index (χ0) is 14.9. The molecule has 5 heteroatoms. The summed E-state index contributed by atoms with van der Waals surface area (Å²) in [7, 11) is 1.75. The van der Waals surface area contributed by atoms with Crippen LogP contribution in [0.5, 0.6) is 0 Å². The molecule has 0 unspecified atom stereocenters. The average Bonchev–Trinajstić information content (AvgIpc) is 2.69. The van der Waals surface area contributed by atoms with E-state index in [2.05, 4.69) is 0 Å². The number of carbonyl (C=O) groups excluding carboxylic acids is 1. The lowest BCUT2D eigenvalue weighted by atomic mass is 9.86. The summed E-state index contributed by atoms with van der Waals surface area (Å²) in [6, 6.07) is 7.72. The quantitative estimate of drug-likeness (QED) is 0.912. The third-order valence-electron chi connectivity index (χ3n) is 3.69. The number of carboxylic acid groups (broad SMARTS) is 1. The number of carboxylic acids is 1. The predicted octanol–water partition coefficient (Wildman–Crippen LogP) is 1.92. The molecule has 108 valence electrons. The smallest absolute Gasteiger partial charge is 0.309 e. The summed E-state index contributed by atoms with van der Waals surface area (Å²) in [6.07, 6.45) is 0.975. The van der Waals surface area contributed by atoms with Crippen LogP contribution in [0.25, 0.3) is 0 Å². The summed E-state index contributed by atoms with van der Waals surface area (Å²) in [5, 5.41) is 12.7. The Morgan fingerprint density at radius 1 is 1.40 bits per heavy atom. The van der Waals surface area contributed by atoms with Gasteiger partial charge in [-0.25, -0.2) is 0 Å². The summed E-state index contributed by atoms with van der Waals surface area (Å²) in [5.41, 5.74) is 1.09. The van der Waals surface area contributed by atoms with Crippen molar-refractivity contribution in [1.29, 1.82) is 0 Å². The number of amides is 1. The molecule has 1 heterocycles. The molecule has 0 saturated carbocycles. The molecule has 0 bridgehead atoms. The van der Waals surface area contributed by atoms with Gasteiger partial charge in [0.25, 0.3) is 0 Å². The Morgan fingerprint density at radius 3 is 2.65 bits per heavy atom. The number of hydrogen-bond acceptors (Lipinski definition) is 3. The zero-order valence-electron chi connectivity index (χ0n) is 12.1. The van der Waals surface area contributed by atoms with Crippen LogP contribution in [0.4, 0.5) is 5.69 Å². The van der Waals surface area contributed by atoms with E-state index in [0.29, 0.717) is 19.4 Å². The molecule has 1 aromatic carbocycles. The fraction of sp³-hybridized carbons (Fsp3) is 0.467. The second-order valence-electron chi connectivity index (χ2n) is 5.83. The number of hydrogen-bond donors (Lipinski definition) is 1. The second-order valence-corrected chi connectivity index (χ2v) is 5.83. The van der Waals surface area contributed by atoms with Crippen LogP contribution in [0, 0.1) is 5.41 Å². The van der Waals surface area contributed by atoms with Crippen LogP contribution in [0.15, 0.2) is 24.3 Å². The zero-order valence-corrected chi connectivity index (χ0v) is 12.1. The molecule has 0 aliphatic carbocycles. The van der Waals surface area contributed by atoms with Crippen LogP contribution in [-0.4, -0.2) is 35.6 Å². The summed E-state index contributed by atoms with van der Waals surface area (Å²) >= 11 is 0. The Kier molecular flexibility index (Phi) is 3.70. The molecular formula is C15H20N2O3. The van der Waals surface area contributed by atoms with Gasteiger partial charge < -0.3 is 5.11 Å². The van der Waals surface area contributed by atoms with Crippen LogP contribution in [-0.2, 0) is 16.0 Å². The Balaban J connectivity index is 2.21. The fourth-order valence-electron chi connectivity index (χ4n) is 2.36. The maximum Gasteiger partial charge on any atom is 0.309 e. The van der Waals surface area contributed by atoms with Crippen LogP contribution in [0.1, 0.15) is 25.8 Å². The normalized spacial score (nSPS) is 15.8. The van der Waals surface area contributed by atoms with Crippen molar-refractivity contribution >= 4 is 17.6 Å². The standard InChI is InChI=1S/C15H20N2O3/c1-15(2,14(19)20)10-11-5-4-6-12(9-11)17-8-7-13(18)16(17)3/h4-6,9H,7-8,10H2,1-3H3,(H,19,20). The number of nitrogens with zero attached hydrogens (tertiary/aromatic N) is 2. The van der Waals surface area contributed by atoms with Crippen LogP contribution < -0.4 is 5.01 Å². The first kappa shape index (κ1) is 14.4. The van der Waals surface area contributed by atoms with E-state index in [9.17, 15) is 14.7 Å². The van der Waals surface area contributed by atoms with Gasteiger partial charge in [-0.15, -0.1) is 0 Å². The van der Waals surface area contributed by atoms with E-state index in [-0.39, 0.29) is 5.91 Å². The van der Waals surface area contributed by atoms with Gasteiger partial charge in [-0.2, -0.15) is 0 Å². The van der Waals surface area contributed by atoms with Crippen molar-refractivity contribution in [3.63, 3.8) is 0 Å². The monoisotopic (exact) mass is 276 g/mol. The molecule has 1 aromatic rings. The van der Waals surface area contributed by atoms with Crippen molar-refractivity contribution in [3.05, 3.63) is 29.8 Å². The first-order valence-corrected chi connectivity index (χ1v) is 6.67. The highest BCUT2D eigenvalue weighted by Crippen LogP contribution is 2.27. The lowest BCUT2D eigenvalue weighted by Gasteiger charge is -2.27. The molecule has 1 amide bonds. The topological polar surface area (TPSA) is 60.9 Å². The molecule has 0 radical (unpaired) electrons. The van der Waals surface area contributed by atoms with Crippen molar-refractivity contribution in [2.75, 3.05) is 18.6 Å². The van der Waals surface area contributed by atoms with E-state index in [1.165, 1.54) is 0 Å². The van der Waals surface area contributed by atoms with Gasteiger partial charge in [-0.1, -0.05) is 12.1 Å². The molecule has 1 saturated heterocycles. The van der Waals surface area contributed by atoms with Gasteiger partial charge in [-0.3, -0.25) is 19.6 Å². The first-order valence-electron chi connectivity index (χ1n) is 6.67. The minimum absolute atomic E-state index is 0.0984. The molecule has 0 spiro atoms. The van der Waals surface area contributed by atoms with E-state index in [1.807, 2.05) is 29.3 Å². The van der Waals surface area contributed by atoms with Crippen molar-refractivity contribution in [2.24, 2.45) is 5.41 Å². The largest absolute Gasteiger partial charge is 0.481 e. The van der Waals surface area contributed by atoms with E-state index >= 15 is 0 Å². The predicted molar refractivity (Wildman–Crippen MR) is 76.3 cm³/mol. The highest BCUT2D eigenvalue weighted by molar-refractivity contribution is 5.81. The highest BCUT2D eigenvalue weighted by atomic mass is 16.4. The molecule has 0 aromatic heterocycles. The number of anilines is 1. The minimum atomic E-state index is -0.809. The van der Waals surface area contributed by atoms with Gasteiger partial charge in [0.15, 0.2) is 0 Å². The second kappa shape index (κ2) is 5.15. The van der Waals surface area contributed by atoms with Gasteiger partial charge in [-0.05, 0) is 38.0 Å². The van der Waals surface area contributed by atoms with Crippen molar-refractivity contribution in [2.45, 2.75) is 26.7 Å². The molecule has 5 nitrogen and oxygen atoms in total. The molecule has 1 N–H and O–H groups in total. The van der Waals surface area contributed by atoms with Crippen molar-refractivity contribution < 1.29 is 14.7 Å². The van der Waals surface area contributed by atoms with Gasteiger partial charge in [0.1, 0.15) is 0 Å². The molecule has 1 aliphatic heterocycles. The maximum atomic E-state index is 11.6. The van der Waals surface area contributed by atoms with Gasteiger partial charge in [0.05, 0.1) is 11.1 Å². The summed E-state index contributed by atoms with van der Waals surface area (Å²) in [4.78, 5) is 22.8. The first-order chi connectivity index (χ1) is 9.31. The number of aliphatic carboxylic acids is 1. The SMILES string of the molecule is CN1C(=O)CCN1c1cccc(CC(C)(C)C(=O)O)c1. The Bertz CT molecular complexity index is 540. The van der Waals surface area contributed by atoms with Gasteiger partial charge in [0, 0.05) is 20.0 Å². The minimum Gasteiger partial charge on any atom is -0.481 e. The Morgan fingerprint density at radius 2 is 2.10 bits per heavy atom. The van der Waals surface area contributed by atoms with E-state index in [0.717, 1.165) is 11.3 Å². The Hall–Kier alpha value is -2.04. The summed E-state index contributed by atoms with van der Waals surface area (Å²) in [6.45, 7) is 4.10. The van der Waals surface area contributed by atoms with Gasteiger partial charge >= 0.3 is 5.97 Å². The maximum absolute atomic E-state index is 11.6. The van der Waals surface area contributed by atoms with E-state index in [4.69, 9.17) is 0 Å². The summed E-state index contributed by atoms with van der Waals surface area (Å²) < 4.78 is 0. The third kappa shape index (κ3) is 2.76. The number of rotatable bonds is 4. The average molecular weight is 276 g/mol. The third-order valence-corrected chi connectivity index (χ3v) is 3.69. The molecular weight excluding hydrogens is 256 g/mol. The highest BCUT2D eigenvalue weighted by Gasteiger charge is 2.29. The van der Waals surface area contributed by atoms with Crippen LogP contribution in [0.2, 0.25) is 0 Å².